The molecule has 2 aromatic rings. The Kier molecular flexibility index (Phi) is 3.35. The van der Waals surface area contributed by atoms with Crippen molar-refractivity contribution in [2.75, 3.05) is 5.32 Å². The summed E-state index contributed by atoms with van der Waals surface area (Å²) in [5.74, 6) is -1.30. The fraction of sp³-hybridized carbons (Fsp3) is 0.182. The average Bonchev–Trinajstić information content (AvgIpc) is 2.69. The summed E-state index contributed by atoms with van der Waals surface area (Å²) < 4.78 is 39.1. The van der Waals surface area contributed by atoms with Crippen molar-refractivity contribution in [1.29, 1.82) is 0 Å². The molecule has 0 radical (unpaired) electrons. The van der Waals surface area contributed by atoms with Crippen LogP contribution in [0.2, 0.25) is 0 Å². The van der Waals surface area contributed by atoms with Crippen LogP contribution in [0, 0.1) is 0 Å². The lowest BCUT2D eigenvalue weighted by atomic mass is 10.1. The van der Waals surface area contributed by atoms with Crippen LogP contribution in [-0.2, 0) is 13.2 Å². The van der Waals surface area contributed by atoms with Gasteiger partial charge in [0.25, 0.3) is 5.91 Å². The number of para-hydroxylation sites is 1. The highest BCUT2D eigenvalue weighted by Gasteiger charge is 2.33. The third kappa shape index (κ3) is 2.71. The van der Waals surface area contributed by atoms with Gasteiger partial charge in [-0.25, -0.2) is 9.48 Å². The van der Waals surface area contributed by atoms with Crippen LogP contribution < -0.4 is 11.0 Å². The van der Waals surface area contributed by atoms with Gasteiger partial charge < -0.3 is 5.32 Å². The Morgan fingerprint density at radius 2 is 2.00 bits per heavy atom. The number of nitrogens with one attached hydrogen (secondary N) is 2. The fourth-order valence-corrected chi connectivity index (χ4v) is 1.53. The van der Waals surface area contributed by atoms with Crippen molar-refractivity contribution in [2.24, 2.45) is 7.05 Å². The largest absolute Gasteiger partial charge is 0.418 e. The molecule has 0 atom stereocenters. The maximum Gasteiger partial charge on any atom is 0.418 e. The molecule has 0 bridgehead atoms. The van der Waals surface area contributed by atoms with Gasteiger partial charge in [-0.05, 0) is 12.1 Å². The van der Waals surface area contributed by atoms with E-state index in [1.54, 1.807) is 0 Å². The van der Waals surface area contributed by atoms with E-state index in [1.807, 2.05) is 0 Å². The Balaban J connectivity index is 2.31. The molecule has 9 heteroatoms. The summed E-state index contributed by atoms with van der Waals surface area (Å²) in [6.07, 6.45) is -4.60. The number of amides is 1. The summed E-state index contributed by atoms with van der Waals surface area (Å²) in [7, 11) is 1.30. The van der Waals surface area contributed by atoms with Gasteiger partial charge >= 0.3 is 11.9 Å². The first-order chi connectivity index (χ1) is 9.29. The fourth-order valence-electron chi connectivity index (χ4n) is 1.53. The van der Waals surface area contributed by atoms with Gasteiger partial charge in [0.05, 0.1) is 11.3 Å². The van der Waals surface area contributed by atoms with Gasteiger partial charge in [0.2, 0.25) is 5.82 Å². The summed E-state index contributed by atoms with van der Waals surface area (Å²) in [4.78, 5) is 25.0. The second kappa shape index (κ2) is 4.83. The molecule has 0 spiro atoms. The lowest BCUT2D eigenvalue weighted by molar-refractivity contribution is -0.136. The van der Waals surface area contributed by atoms with Crippen LogP contribution in [0.4, 0.5) is 18.9 Å². The summed E-state index contributed by atoms with van der Waals surface area (Å²) in [5, 5.41) is 5.62. The molecule has 2 N–H and O–H groups in total. The second-order valence-electron chi connectivity index (χ2n) is 3.90. The van der Waals surface area contributed by atoms with E-state index in [2.05, 4.69) is 15.4 Å². The number of aryl methyl sites for hydroxylation is 1. The highest BCUT2D eigenvalue weighted by molar-refractivity contribution is 6.01. The Labute approximate surface area is 110 Å². The summed E-state index contributed by atoms with van der Waals surface area (Å²) in [6.45, 7) is 0. The number of carbonyl (C=O) groups is 1. The zero-order valence-corrected chi connectivity index (χ0v) is 10.2. The Hall–Kier alpha value is -2.58. The number of carbonyl (C=O) groups excluding carboxylic acids is 1. The van der Waals surface area contributed by atoms with E-state index in [0.29, 0.717) is 0 Å². The van der Waals surface area contributed by atoms with E-state index in [9.17, 15) is 22.8 Å². The quantitative estimate of drug-likeness (QED) is 0.875. The number of anilines is 1. The number of aromatic amines is 1. The predicted molar refractivity (Wildman–Crippen MR) is 63.2 cm³/mol. The molecule has 1 aromatic carbocycles. The standard InChI is InChI=1S/C11H9F3N4O2/c1-18-10(20)16-8(17-18)9(19)15-7-5-3-2-4-6(7)11(12,13)14/h2-5H,1H3,(H,15,19)(H,16,17,20). The van der Waals surface area contributed by atoms with Crippen molar-refractivity contribution >= 4 is 11.6 Å². The zero-order valence-electron chi connectivity index (χ0n) is 10.2. The zero-order chi connectivity index (χ0) is 14.9. The van der Waals surface area contributed by atoms with Gasteiger partial charge in [-0.1, -0.05) is 12.1 Å². The van der Waals surface area contributed by atoms with Crippen LogP contribution in [0.3, 0.4) is 0 Å². The number of halogens is 3. The number of hydrogen-bond donors (Lipinski definition) is 2. The topological polar surface area (TPSA) is 79.8 Å². The van der Waals surface area contributed by atoms with E-state index in [0.717, 1.165) is 16.8 Å². The van der Waals surface area contributed by atoms with E-state index in [1.165, 1.54) is 19.2 Å². The molecule has 0 unspecified atom stereocenters. The van der Waals surface area contributed by atoms with E-state index in [-0.39, 0.29) is 5.82 Å². The van der Waals surface area contributed by atoms with Gasteiger partial charge in [0.15, 0.2) is 0 Å². The molecule has 1 amide bonds. The van der Waals surface area contributed by atoms with Gasteiger partial charge in [0.1, 0.15) is 0 Å². The van der Waals surface area contributed by atoms with Crippen LogP contribution in [-0.4, -0.2) is 20.7 Å². The van der Waals surface area contributed by atoms with Crippen molar-refractivity contribution < 1.29 is 18.0 Å². The molecule has 2 rings (SSSR count). The predicted octanol–water partition coefficient (Wildman–Crippen LogP) is 1.38. The molecular weight excluding hydrogens is 277 g/mol. The minimum atomic E-state index is -4.60. The van der Waals surface area contributed by atoms with Gasteiger partial charge in [-0.2, -0.15) is 13.2 Å². The van der Waals surface area contributed by atoms with E-state index in [4.69, 9.17) is 0 Å². The molecule has 0 aliphatic heterocycles. The molecule has 106 valence electrons. The molecule has 0 fully saturated rings. The van der Waals surface area contributed by atoms with Crippen LogP contribution in [0.25, 0.3) is 0 Å². The monoisotopic (exact) mass is 286 g/mol. The summed E-state index contributed by atoms with van der Waals surface area (Å²) >= 11 is 0. The highest BCUT2D eigenvalue weighted by atomic mass is 19.4. The second-order valence-corrected chi connectivity index (χ2v) is 3.90. The van der Waals surface area contributed by atoms with E-state index < -0.39 is 29.0 Å². The van der Waals surface area contributed by atoms with Gasteiger partial charge in [-0.15, -0.1) is 5.10 Å². The van der Waals surface area contributed by atoms with Crippen molar-refractivity contribution in [2.45, 2.75) is 6.18 Å². The number of aromatic nitrogens is 3. The summed E-state index contributed by atoms with van der Waals surface area (Å²) in [5.41, 5.74) is -2.03. The van der Waals surface area contributed by atoms with Crippen LogP contribution >= 0.6 is 0 Å². The first kappa shape index (κ1) is 13.8. The number of H-pyrrole nitrogens is 1. The number of rotatable bonds is 2. The van der Waals surface area contributed by atoms with Crippen molar-refractivity contribution in [3.8, 4) is 0 Å². The summed E-state index contributed by atoms with van der Waals surface area (Å²) in [6, 6.07) is 4.52. The number of alkyl halides is 3. The van der Waals surface area contributed by atoms with Crippen molar-refractivity contribution in [1.82, 2.24) is 14.8 Å². The number of nitrogens with zero attached hydrogens (tertiary/aromatic N) is 2. The van der Waals surface area contributed by atoms with Crippen LogP contribution in [0.5, 0.6) is 0 Å². The van der Waals surface area contributed by atoms with Crippen LogP contribution in [0.15, 0.2) is 29.1 Å². The lowest BCUT2D eigenvalue weighted by Crippen LogP contribution is -2.18. The SMILES string of the molecule is Cn1nc(C(=O)Nc2ccccc2C(F)(F)F)[nH]c1=O. The first-order valence-electron chi connectivity index (χ1n) is 5.40. The maximum atomic E-state index is 12.7. The molecule has 20 heavy (non-hydrogen) atoms. The Bertz CT molecular complexity index is 702. The minimum absolute atomic E-state index is 0.366. The average molecular weight is 286 g/mol. The molecule has 0 aliphatic rings. The maximum absolute atomic E-state index is 12.7. The third-order valence-electron chi connectivity index (χ3n) is 2.46. The van der Waals surface area contributed by atoms with Crippen LogP contribution in [0.1, 0.15) is 16.2 Å². The Morgan fingerprint density at radius 1 is 1.35 bits per heavy atom. The van der Waals surface area contributed by atoms with Gasteiger partial charge in [0, 0.05) is 7.05 Å². The van der Waals surface area contributed by atoms with E-state index >= 15 is 0 Å². The van der Waals surface area contributed by atoms with Crippen molar-refractivity contribution in [3.05, 3.63) is 46.1 Å². The molecule has 6 nitrogen and oxygen atoms in total. The smallest absolute Gasteiger partial charge is 0.319 e. The third-order valence-corrected chi connectivity index (χ3v) is 2.46. The van der Waals surface area contributed by atoms with Crippen molar-refractivity contribution in [3.63, 3.8) is 0 Å². The van der Waals surface area contributed by atoms with Gasteiger partial charge in [-0.3, -0.25) is 9.78 Å². The molecule has 0 saturated carbocycles. The molecule has 0 saturated heterocycles. The lowest BCUT2D eigenvalue weighted by Gasteiger charge is -2.12. The first-order valence-corrected chi connectivity index (χ1v) is 5.40. The Morgan fingerprint density at radius 3 is 2.55 bits per heavy atom. The number of benzene rings is 1. The highest BCUT2D eigenvalue weighted by Crippen LogP contribution is 2.34. The number of hydrogen-bond acceptors (Lipinski definition) is 3. The molecule has 0 aliphatic carbocycles. The molecule has 1 aromatic heterocycles. The minimum Gasteiger partial charge on any atom is -0.319 e. The molecule has 1 heterocycles. The molecular formula is C11H9F3N4O2. The normalized spacial score (nSPS) is 11.4.